The van der Waals surface area contributed by atoms with Crippen LogP contribution in [-0.4, -0.2) is 42.2 Å². The molecular formula is C26H27BrClN3O5. The number of hydrogen-bond donors (Lipinski definition) is 0. The number of nitrogens with zero attached hydrogens (tertiary/aromatic N) is 3. The van der Waals surface area contributed by atoms with Gasteiger partial charge in [0.1, 0.15) is 5.82 Å². The van der Waals surface area contributed by atoms with E-state index in [0.717, 1.165) is 30.2 Å². The molecule has 0 unspecified atom stereocenters. The maximum Gasteiger partial charge on any atom is 0.344 e. The highest BCUT2D eigenvalue weighted by Gasteiger charge is 2.22. The van der Waals surface area contributed by atoms with Crippen LogP contribution >= 0.6 is 27.5 Å². The number of hydrogen-bond acceptors (Lipinski definition) is 7. The first kappa shape index (κ1) is 26.2. The van der Waals surface area contributed by atoms with Crippen molar-refractivity contribution in [1.82, 2.24) is 9.66 Å². The number of carbonyl (C=O) groups is 1. The van der Waals surface area contributed by atoms with Gasteiger partial charge in [0.15, 0.2) is 18.1 Å². The van der Waals surface area contributed by atoms with Crippen LogP contribution in [-0.2, 0) is 9.53 Å². The van der Waals surface area contributed by atoms with Crippen LogP contribution < -0.4 is 15.0 Å². The third-order valence-electron chi connectivity index (χ3n) is 6.02. The molecule has 1 heterocycles. The molecule has 10 heteroatoms. The van der Waals surface area contributed by atoms with E-state index in [1.54, 1.807) is 31.3 Å². The van der Waals surface area contributed by atoms with Crippen LogP contribution in [0, 0.1) is 0 Å². The van der Waals surface area contributed by atoms with E-state index in [-0.39, 0.29) is 35.5 Å². The Kier molecular flexibility index (Phi) is 8.64. The van der Waals surface area contributed by atoms with Crippen LogP contribution in [0.5, 0.6) is 11.5 Å². The molecule has 0 radical (unpaired) electrons. The molecule has 1 aromatic heterocycles. The third-order valence-corrected chi connectivity index (χ3v) is 6.79. The summed E-state index contributed by atoms with van der Waals surface area (Å²) in [5.41, 5.74) is 1.02. The zero-order valence-electron chi connectivity index (χ0n) is 20.1. The van der Waals surface area contributed by atoms with Crippen LogP contribution in [0.2, 0.25) is 5.02 Å². The molecule has 190 valence electrons. The van der Waals surface area contributed by atoms with Crippen molar-refractivity contribution in [3.8, 4) is 11.5 Å². The van der Waals surface area contributed by atoms with Gasteiger partial charge in [0, 0.05) is 10.4 Å². The largest absolute Gasteiger partial charge is 0.493 e. The maximum atomic E-state index is 13.5. The Balaban J connectivity index is 1.72. The summed E-state index contributed by atoms with van der Waals surface area (Å²) in [5.74, 6) is 0.869. The highest BCUT2D eigenvalue weighted by molar-refractivity contribution is 9.10. The van der Waals surface area contributed by atoms with Gasteiger partial charge in [-0.2, -0.15) is 9.78 Å². The highest BCUT2D eigenvalue weighted by Crippen LogP contribution is 2.36. The lowest BCUT2D eigenvalue weighted by atomic mass is 9.88. The molecule has 0 N–H and O–H groups in total. The smallest absolute Gasteiger partial charge is 0.344 e. The van der Waals surface area contributed by atoms with Crippen molar-refractivity contribution in [2.24, 2.45) is 5.10 Å². The molecule has 2 aromatic carbocycles. The lowest BCUT2D eigenvalue weighted by Gasteiger charge is -2.22. The molecule has 4 rings (SSSR count). The summed E-state index contributed by atoms with van der Waals surface area (Å²) in [6.07, 6.45) is 6.87. The zero-order chi connectivity index (χ0) is 25.7. The van der Waals surface area contributed by atoms with E-state index in [9.17, 15) is 9.59 Å². The average molecular weight is 577 g/mol. The van der Waals surface area contributed by atoms with E-state index in [2.05, 4.69) is 21.0 Å². The van der Waals surface area contributed by atoms with Crippen LogP contribution in [0.3, 0.4) is 0 Å². The van der Waals surface area contributed by atoms with Gasteiger partial charge < -0.3 is 14.2 Å². The molecule has 1 aliphatic carbocycles. The molecule has 0 atom stereocenters. The number of halogens is 2. The van der Waals surface area contributed by atoms with E-state index in [4.69, 9.17) is 30.8 Å². The molecule has 0 amide bonds. The van der Waals surface area contributed by atoms with Crippen molar-refractivity contribution in [2.45, 2.75) is 44.9 Å². The van der Waals surface area contributed by atoms with E-state index in [1.165, 1.54) is 18.2 Å². The van der Waals surface area contributed by atoms with E-state index >= 15 is 0 Å². The number of aromatic nitrogens is 2. The number of carbonyl (C=O) groups excluding carboxylic acids is 1. The van der Waals surface area contributed by atoms with Crippen molar-refractivity contribution in [3.63, 3.8) is 0 Å². The summed E-state index contributed by atoms with van der Waals surface area (Å²) in [6, 6.07) is 8.79. The van der Waals surface area contributed by atoms with Gasteiger partial charge in [-0.25, -0.2) is 9.78 Å². The Morgan fingerprint density at radius 1 is 1.25 bits per heavy atom. The molecule has 36 heavy (non-hydrogen) atoms. The predicted molar refractivity (Wildman–Crippen MR) is 143 cm³/mol. The Bertz CT molecular complexity index is 1350. The van der Waals surface area contributed by atoms with Crippen molar-refractivity contribution >= 4 is 50.6 Å². The fourth-order valence-electron chi connectivity index (χ4n) is 4.32. The van der Waals surface area contributed by atoms with Crippen molar-refractivity contribution in [3.05, 3.63) is 61.6 Å². The SMILES string of the molecule is CCOC(=O)COc1c(Cl)cc(C=Nn2c(C3CCCCC3)nc3ccc(Br)cc3c2=O)cc1OC. The van der Waals surface area contributed by atoms with E-state index in [0.29, 0.717) is 28.0 Å². The number of benzene rings is 2. The van der Waals surface area contributed by atoms with Crippen molar-refractivity contribution in [1.29, 1.82) is 0 Å². The number of ether oxygens (including phenoxy) is 3. The topological polar surface area (TPSA) is 92.0 Å². The second-order valence-electron chi connectivity index (χ2n) is 8.46. The molecule has 3 aromatic rings. The fraction of sp³-hybridized carbons (Fsp3) is 0.385. The molecule has 1 fully saturated rings. The summed E-state index contributed by atoms with van der Waals surface area (Å²) in [4.78, 5) is 30.0. The van der Waals surface area contributed by atoms with Gasteiger partial charge in [-0.3, -0.25) is 4.79 Å². The molecule has 8 nitrogen and oxygen atoms in total. The Morgan fingerprint density at radius 2 is 2.03 bits per heavy atom. The first-order chi connectivity index (χ1) is 17.4. The standard InChI is InChI=1S/C26H27BrClN3O5/c1-3-35-23(32)15-36-24-20(28)11-16(12-22(24)34-2)14-29-31-25(17-7-5-4-6-8-17)30-21-10-9-18(27)13-19(21)26(31)33/h9-14,17H,3-8,15H2,1-2H3. The first-order valence-corrected chi connectivity index (χ1v) is 13.0. The summed E-state index contributed by atoms with van der Waals surface area (Å²) in [5, 5.41) is 5.27. The zero-order valence-corrected chi connectivity index (χ0v) is 22.5. The Morgan fingerprint density at radius 3 is 2.75 bits per heavy atom. The summed E-state index contributed by atoms with van der Waals surface area (Å²) in [7, 11) is 1.47. The van der Waals surface area contributed by atoms with Gasteiger partial charge in [0.25, 0.3) is 5.56 Å². The molecule has 1 aliphatic rings. The lowest BCUT2D eigenvalue weighted by Crippen LogP contribution is -2.25. The van der Waals surface area contributed by atoms with Crippen LogP contribution in [0.1, 0.15) is 56.3 Å². The quantitative estimate of drug-likeness (QED) is 0.253. The number of methoxy groups -OCH3 is 1. The average Bonchev–Trinajstić information content (AvgIpc) is 2.88. The number of rotatable bonds is 8. The fourth-order valence-corrected chi connectivity index (χ4v) is 4.95. The van der Waals surface area contributed by atoms with E-state index < -0.39 is 5.97 Å². The second-order valence-corrected chi connectivity index (χ2v) is 9.78. The minimum atomic E-state index is -0.508. The third kappa shape index (κ3) is 5.90. The maximum absolute atomic E-state index is 13.5. The van der Waals surface area contributed by atoms with Gasteiger partial charge in [0.2, 0.25) is 0 Å². The van der Waals surface area contributed by atoms with Crippen molar-refractivity contribution < 1.29 is 19.0 Å². The van der Waals surface area contributed by atoms with Crippen LogP contribution in [0.15, 0.2) is 44.7 Å². The molecule has 0 aliphatic heterocycles. The summed E-state index contributed by atoms with van der Waals surface area (Å²) in [6.45, 7) is 1.68. The van der Waals surface area contributed by atoms with Gasteiger partial charge in [-0.1, -0.05) is 46.8 Å². The van der Waals surface area contributed by atoms with Gasteiger partial charge >= 0.3 is 5.97 Å². The highest BCUT2D eigenvalue weighted by atomic mass is 79.9. The molecule has 0 spiro atoms. The van der Waals surface area contributed by atoms with Crippen LogP contribution in [0.4, 0.5) is 0 Å². The minimum absolute atomic E-state index is 0.161. The molecule has 0 saturated heterocycles. The Hall–Kier alpha value is -2.91. The summed E-state index contributed by atoms with van der Waals surface area (Å²) >= 11 is 9.87. The first-order valence-electron chi connectivity index (χ1n) is 11.8. The van der Waals surface area contributed by atoms with Crippen LogP contribution in [0.25, 0.3) is 10.9 Å². The number of fused-ring (bicyclic) bond motifs is 1. The van der Waals surface area contributed by atoms with E-state index in [1.807, 2.05) is 12.1 Å². The lowest BCUT2D eigenvalue weighted by molar-refractivity contribution is -0.145. The molecule has 1 saturated carbocycles. The monoisotopic (exact) mass is 575 g/mol. The molecule has 0 bridgehead atoms. The second kappa shape index (κ2) is 11.9. The predicted octanol–water partition coefficient (Wildman–Crippen LogP) is 5.69. The van der Waals surface area contributed by atoms with Gasteiger partial charge in [-0.15, -0.1) is 0 Å². The minimum Gasteiger partial charge on any atom is -0.493 e. The van der Waals surface area contributed by atoms with Gasteiger partial charge in [-0.05, 0) is 55.7 Å². The van der Waals surface area contributed by atoms with Crippen molar-refractivity contribution in [2.75, 3.05) is 20.3 Å². The summed E-state index contributed by atoms with van der Waals surface area (Å²) < 4.78 is 18.0. The van der Waals surface area contributed by atoms with Gasteiger partial charge in [0.05, 0.1) is 35.9 Å². The molecular weight excluding hydrogens is 550 g/mol. The normalized spacial score (nSPS) is 14.3. The Labute approximate surface area is 222 Å². The number of esters is 1.